The maximum absolute atomic E-state index is 12.0. The molecule has 0 atom stereocenters. The number of H-pyrrole nitrogens is 1. The standard InChI is InChI=1S/C18H15Cl2N3O3/c1-2-25-18(24)17-16(21-23-22-17)11-4-3-5-14(8-11)26-10-12-6-7-13(19)9-15(12)20/h3-9H,2,10H2,1H3,(H,21,22,23). The first-order valence-electron chi connectivity index (χ1n) is 7.83. The number of benzene rings is 2. The number of nitrogens with one attached hydrogen (secondary N) is 1. The zero-order valence-electron chi connectivity index (χ0n) is 13.8. The molecule has 0 radical (unpaired) electrons. The first-order chi connectivity index (χ1) is 12.6. The van der Waals surface area contributed by atoms with Crippen molar-refractivity contribution in [2.45, 2.75) is 13.5 Å². The van der Waals surface area contributed by atoms with Crippen molar-refractivity contribution in [3.8, 4) is 17.0 Å². The van der Waals surface area contributed by atoms with Gasteiger partial charge in [0.05, 0.1) is 6.61 Å². The SMILES string of the molecule is CCOC(=O)c1n[nH]nc1-c1cccc(OCc2ccc(Cl)cc2Cl)c1. The minimum absolute atomic E-state index is 0.129. The number of hydrogen-bond donors (Lipinski definition) is 1. The predicted molar refractivity (Wildman–Crippen MR) is 98.6 cm³/mol. The molecule has 0 spiro atoms. The molecule has 0 bridgehead atoms. The van der Waals surface area contributed by atoms with Crippen molar-refractivity contribution in [2.75, 3.05) is 6.61 Å². The average molecular weight is 392 g/mol. The Morgan fingerprint density at radius 1 is 1.15 bits per heavy atom. The van der Waals surface area contributed by atoms with Gasteiger partial charge in [0.25, 0.3) is 0 Å². The number of rotatable bonds is 6. The molecule has 1 N–H and O–H groups in total. The molecule has 26 heavy (non-hydrogen) atoms. The van der Waals surface area contributed by atoms with E-state index in [-0.39, 0.29) is 18.9 Å². The Morgan fingerprint density at radius 3 is 2.77 bits per heavy atom. The van der Waals surface area contributed by atoms with Crippen molar-refractivity contribution in [1.82, 2.24) is 15.4 Å². The van der Waals surface area contributed by atoms with Crippen molar-refractivity contribution in [3.05, 3.63) is 63.8 Å². The molecule has 0 saturated carbocycles. The molecule has 0 aliphatic heterocycles. The minimum atomic E-state index is -0.532. The van der Waals surface area contributed by atoms with Crippen LogP contribution in [0.3, 0.4) is 0 Å². The molecular weight excluding hydrogens is 377 g/mol. The third-order valence-electron chi connectivity index (χ3n) is 3.53. The van der Waals surface area contributed by atoms with E-state index in [0.29, 0.717) is 27.1 Å². The number of carbonyl (C=O) groups is 1. The first-order valence-corrected chi connectivity index (χ1v) is 8.59. The maximum Gasteiger partial charge on any atom is 0.361 e. The average Bonchev–Trinajstić information content (AvgIpc) is 3.11. The van der Waals surface area contributed by atoms with E-state index in [1.807, 2.05) is 12.1 Å². The third kappa shape index (κ3) is 4.15. The second kappa shape index (κ2) is 8.21. The van der Waals surface area contributed by atoms with Crippen LogP contribution in [0.5, 0.6) is 5.75 Å². The Morgan fingerprint density at radius 2 is 2.00 bits per heavy atom. The summed E-state index contributed by atoms with van der Waals surface area (Å²) in [4.78, 5) is 12.0. The third-order valence-corrected chi connectivity index (χ3v) is 4.12. The van der Waals surface area contributed by atoms with Gasteiger partial charge in [-0.05, 0) is 31.2 Å². The highest BCUT2D eigenvalue weighted by molar-refractivity contribution is 6.35. The van der Waals surface area contributed by atoms with Gasteiger partial charge in [-0.3, -0.25) is 0 Å². The topological polar surface area (TPSA) is 77.1 Å². The first kappa shape index (κ1) is 18.2. The number of esters is 1. The second-order valence-corrected chi connectivity index (χ2v) is 6.14. The van der Waals surface area contributed by atoms with Gasteiger partial charge in [-0.2, -0.15) is 10.3 Å². The summed E-state index contributed by atoms with van der Waals surface area (Å²) >= 11 is 12.1. The van der Waals surface area contributed by atoms with E-state index in [1.165, 1.54) is 0 Å². The fourth-order valence-electron chi connectivity index (χ4n) is 2.31. The minimum Gasteiger partial charge on any atom is -0.489 e. The van der Waals surface area contributed by atoms with Crippen molar-refractivity contribution in [3.63, 3.8) is 0 Å². The number of ether oxygens (including phenoxy) is 2. The zero-order chi connectivity index (χ0) is 18.5. The van der Waals surface area contributed by atoms with Gasteiger partial charge < -0.3 is 9.47 Å². The van der Waals surface area contributed by atoms with Crippen LogP contribution in [-0.4, -0.2) is 28.0 Å². The summed E-state index contributed by atoms with van der Waals surface area (Å²) in [6, 6.07) is 12.4. The summed E-state index contributed by atoms with van der Waals surface area (Å²) in [5.74, 6) is 0.0712. The highest BCUT2D eigenvalue weighted by Crippen LogP contribution is 2.26. The van der Waals surface area contributed by atoms with E-state index >= 15 is 0 Å². The smallest absolute Gasteiger partial charge is 0.361 e. The van der Waals surface area contributed by atoms with Gasteiger partial charge in [0.1, 0.15) is 18.1 Å². The summed E-state index contributed by atoms with van der Waals surface area (Å²) < 4.78 is 10.8. The zero-order valence-corrected chi connectivity index (χ0v) is 15.3. The molecule has 3 rings (SSSR count). The Labute approximate surface area is 160 Å². The fraction of sp³-hybridized carbons (Fsp3) is 0.167. The van der Waals surface area contributed by atoms with Crippen molar-refractivity contribution >= 4 is 29.2 Å². The van der Waals surface area contributed by atoms with Gasteiger partial charge in [-0.25, -0.2) is 4.79 Å². The van der Waals surface area contributed by atoms with Gasteiger partial charge in [0.15, 0.2) is 5.69 Å². The van der Waals surface area contributed by atoms with E-state index in [2.05, 4.69) is 15.4 Å². The highest BCUT2D eigenvalue weighted by Gasteiger charge is 2.19. The largest absolute Gasteiger partial charge is 0.489 e. The van der Waals surface area contributed by atoms with Crippen LogP contribution in [0.15, 0.2) is 42.5 Å². The molecule has 1 aromatic heterocycles. The molecule has 0 aliphatic rings. The summed E-state index contributed by atoms with van der Waals surface area (Å²) in [6.07, 6.45) is 0. The molecule has 8 heteroatoms. The Hall–Kier alpha value is -2.57. The van der Waals surface area contributed by atoms with Crippen molar-refractivity contribution in [2.24, 2.45) is 0 Å². The van der Waals surface area contributed by atoms with Gasteiger partial charge in [-0.15, -0.1) is 5.10 Å². The van der Waals surface area contributed by atoms with E-state index in [4.69, 9.17) is 32.7 Å². The summed E-state index contributed by atoms with van der Waals surface area (Å²) in [5.41, 5.74) is 2.03. The molecular formula is C18H15Cl2N3O3. The molecule has 6 nitrogen and oxygen atoms in total. The number of carbonyl (C=O) groups excluding carboxylic acids is 1. The number of hydrogen-bond acceptors (Lipinski definition) is 5. The number of aromatic amines is 1. The number of aromatic nitrogens is 3. The summed E-state index contributed by atoms with van der Waals surface area (Å²) in [6.45, 7) is 2.27. The Bertz CT molecular complexity index is 928. The lowest BCUT2D eigenvalue weighted by atomic mass is 10.1. The summed E-state index contributed by atoms with van der Waals surface area (Å²) in [7, 11) is 0. The predicted octanol–water partition coefficient (Wildman–Crippen LogP) is 4.53. The van der Waals surface area contributed by atoms with Gasteiger partial charge in [0.2, 0.25) is 0 Å². The molecule has 0 fully saturated rings. The van der Waals surface area contributed by atoms with E-state index in [9.17, 15) is 4.79 Å². The van der Waals surface area contributed by atoms with E-state index < -0.39 is 5.97 Å². The maximum atomic E-state index is 12.0. The number of nitrogens with zero attached hydrogens (tertiary/aromatic N) is 2. The molecule has 3 aromatic rings. The van der Waals surface area contributed by atoms with Crippen LogP contribution in [0.2, 0.25) is 10.0 Å². The molecule has 0 saturated heterocycles. The lowest BCUT2D eigenvalue weighted by Crippen LogP contribution is -2.06. The second-order valence-electron chi connectivity index (χ2n) is 5.29. The number of halogens is 2. The molecule has 134 valence electrons. The van der Waals surface area contributed by atoms with E-state index in [0.717, 1.165) is 5.56 Å². The van der Waals surface area contributed by atoms with Gasteiger partial charge in [-0.1, -0.05) is 41.4 Å². The Balaban J connectivity index is 1.79. The molecule has 0 unspecified atom stereocenters. The molecule has 1 heterocycles. The van der Waals surface area contributed by atoms with Crippen LogP contribution >= 0.6 is 23.2 Å². The van der Waals surface area contributed by atoms with Crippen LogP contribution in [0.4, 0.5) is 0 Å². The Kier molecular flexibility index (Phi) is 5.75. The van der Waals surface area contributed by atoms with Crippen LogP contribution in [0, 0.1) is 0 Å². The molecule has 0 aliphatic carbocycles. The lowest BCUT2D eigenvalue weighted by Gasteiger charge is -2.09. The van der Waals surface area contributed by atoms with E-state index in [1.54, 1.807) is 37.3 Å². The van der Waals surface area contributed by atoms with Gasteiger partial charge >= 0.3 is 5.97 Å². The quantitative estimate of drug-likeness (QED) is 0.624. The van der Waals surface area contributed by atoms with Crippen molar-refractivity contribution < 1.29 is 14.3 Å². The van der Waals surface area contributed by atoms with Crippen LogP contribution in [-0.2, 0) is 11.3 Å². The van der Waals surface area contributed by atoms with Crippen LogP contribution < -0.4 is 4.74 Å². The van der Waals surface area contributed by atoms with Crippen molar-refractivity contribution in [1.29, 1.82) is 0 Å². The fourth-order valence-corrected chi connectivity index (χ4v) is 2.77. The monoisotopic (exact) mass is 391 g/mol. The normalized spacial score (nSPS) is 10.6. The highest BCUT2D eigenvalue weighted by atomic mass is 35.5. The lowest BCUT2D eigenvalue weighted by molar-refractivity contribution is 0.0520. The van der Waals surface area contributed by atoms with Crippen LogP contribution in [0.1, 0.15) is 23.0 Å². The summed E-state index contributed by atoms with van der Waals surface area (Å²) in [5, 5.41) is 11.5. The molecule has 0 amide bonds. The van der Waals surface area contributed by atoms with Gasteiger partial charge in [0, 0.05) is 21.2 Å². The van der Waals surface area contributed by atoms with Crippen LogP contribution in [0.25, 0.3) is 11.3 Å². The molecule has 2 aromatic carbocycles.